The molecule has 1 amide bonds. The van der Waals surface area contributed by atoms with Gasteiger partial charge in [0, 0.05) is 18.7 Å². The molecule has 0 N–H and O–H groups in total. The molecule has 0 saturated carbocycles. The summed E-state index contributed by atoms with van der Waals surface area (Å²) in [5.74, 6) is 0.0588. The Morgan fingerprint density at radius 3 is 2.65 bits per heavy atom. The van der Waals surface area contributed by atoms with Crippen molar-refractivity contribution in [2.24, 2.45) is 0 Å². The third kappa shape index (κ3) is 3.22. The molecule has 6 nitrogen and oxygen atoms in total. The van der Waals surface area contributed by atoms with Crippen molar-refractivity contribution in [2.45, 2.75) is 25.8 Å². The average molecular weight is 348 g/mol. The van der Waals surface area contributed by atoms with Gasteiger partial charge in [-0.2, -0.15) is 0 Å². The summed E-state index contributed by atoms with van der Waals surface area (Å²) in [6.07, 6.45) is 3.31. The van der Waals surface area contributed by atoms with Crippen LogP contribution in [0.15, 0.2) is 53.3 Å². The molecule has 0 spiro atoms. The Hall–Kier alpha value is -3.02. The van der Waals surface area contributed by atoms with Crippen molar-refractivity contribution >= 4 is 16.8 Å². The predicted octanol–water partition coefficient (Wildman–Crippen LogP) is 2.47. The lowest BCUT2D eigenvalue weighted by Gasteiger charge is -2.26. The maximum absolute atomic E-state index is 12.7. The molecule has 2 heterocycles. The van der Waals surface area contributed by atoms with Crippen LogP contribution in [0.4, 0.5) is 0 Å². The Labute approximate surface area is 151 Å². The monoisotopic (exact) mass is 348 g/mol. The predicted molar refractivity (Wildman–Crippen MR) is 99.1 cm³/mol. The molecule has 0 radical (unpaired) electrons. The molecule has 2 aromatic carbocycles. The van der Waals surface area contributed by atoms with Gasteiger partial charge in [0.15, 0.2) is 0 Å². The third-order valence-corrected chi connectivity index (χ3v) is 4.78. The van der Waals surface area contributed by atoms with Gasteiger partial charge in [0.05, 0.1) is 11.9 Å². The van der Waals surface area contributed by atoms with Gasteiger partial charge < -0.3 is 4.90 Å². The van der Waals surface area contributed by atoms with Gasteiger partial charge in [-0.25, -0.2) is 4.68 Å². The number of carbonyl (C=O) groups is 1. The van der Waals surface area contributed by atoms with Crippen molar-refractivity contribution in [3.05, 3.63) is 70.0 Å². The van der Waals surface area contributed by atoms with E-state index in [4.69, 9.17) is 0 Å². The molecule has 0 bridgehead atoms. The van der Waals surface area contributed by atoms with E-state index < -0.39 is 0 Å². The number of piperidine rings is 1. The fourth-order valence-electron chi connectivity index (χ4n) is 3.38. The topological polar surface area (TPSA) is 68.1 Å². The first kappa shape index (κ1) is 16.4. The smallest absolute Gasteiger partial charge is 0.277 e. The molecular weight excluding hydrogens is 328 g/mol. The molecule has 1 aliphatic heterocycles. The minimum atomic E-state index is -0.177. The van der Waals surface area contributed by atoms with Gasteiger partial charge in [-0.15, -0.1) is 5.10 Å². The number of benzene rings is 2. The minimum Gasteiger partial charge on any atom is -0.339 e. The lowest BCUT2D eigenvalue weighted by Crippen LogP contribution is -2.35. The lowest BCUT2D eigenvalue weighted by molar-refractivity contribution is 0.0724. The number of carbonyl (C=O) groups excluding carboxylic acids is 1. The highest BCUT2D eigenvalue weighted by Crippen LogP contribution is 2.15. The SMILES string of the molecule is O=C(c1cccc(Cn2nnc3ccccc3c2=O)c1)N1CCCCC1. The lowest BCUT2D eigenvalue weighted by atomic mass is 10.1. The number of aromatic nitrogens is 3. The normalized spacial score (nSPS) is 14.5. The van der Waals surface area contributed by atoms with E-state index >= 15 is 0 Å². The van der Waals surface area contributed by atoms with Crippen molar-refractivity contribution in [1.82, 2.24) is 19.9 Å². The summed E-state index contributed by atoms with van der Waals surface area (Å²) in [6, 6.07) is 14.6. The largest absolute Gasteiger partial charge is 0.339 e. The van der Waals surface area contributed by atoms with Crippen LogP contribution in [-0.4, -0.2) is 38.9 Å². The summed E-state index contributed by atoms with van der Waals surface area (Å²) in [7, 11) is 0. The molecular formula is C20H20N4O2. The van der Waals surface area contributed by atoms with Crippen LogP contribution in [-0.2, 0) is 6.54 Å². The molecule has 4 rings (SSSR count). The van der Waals surface area contributed by atoms with E-state index in [1.54, 1.807) is 12.1 Å². The van der Waals surface area contributed by atoms with Crippen LogP contribution >= 0.6 is 0 Å². The first-order chi connectivity index (χ1) is 12.7. The number of likely N-dealkylation sites (tertiary alicyclic amines) is 1. The van der Waals surface area contributed by atoms with Crippen LogP contribution in [0.3, 0.4) is 0 Å². The summed E-state index contributed by atoms with van der Waals surface area (Å²) in [6.45, 7) is 1.93. The second kappa shape index (κ2) is 7.07. The summed E-state index contributed by atoms with van der Waals surface area (Å²) in [5, 5.41) is 8.68. The Morgan fingerprint density at radius 2 is 1.81 bits per heavy atom. The fourth-order valence-corrected chi connectivity index (χ4v) is 3.38. The van der Waals surface area contributed by atoms with Crippen molar-refractivity contribution in [2.75, 3.05) is 13.1 Å². The van der Waals surface area contributed by atoms with E-state index in [-0.39, 0.29) is 18.0 Å². The van der Waals surface area contributed by atoms with Gasteiger partial charge in [-0.05, 0) is 49.1 Å². The second-order valence-corrected chi connectivity index (χ2v) is 6.62. The zero-order valence-electron chi connectivity index (χ0n) is 14.5. The van der Waals surface area contributed by atoms with Gasteiger partial charge in [0.1, 0.15) is 5.52 Å². The maximum atomic E-state index is 12.7. The third-order valence-electron chi connectivity index (χ3n) is 4.78. The Balaban J connectivity index is 1.60. The molecule has 6 heteroatoms. The van der Waals surface area contributed by atoms with Crippen molar-refractivity contribution in [3.63, 3.8) is 0 Å². The summed E-state index contributed by atoms with van der Waals surface area (Å²) in [4.78, 5) is 27.2. The minimum absolute atomic E-state index is 0.0588. The Bertz CT molecular complexity index is 1010. The number of rotatable bonds is 3. The van der Waals surface area contributed by atoms with Crippen LogP contribution in [0.25, 0.3) is 10.9 Å². The van der Waals surface area contributed by atoms with Crippen molar-refractivity contribution in [1.29, 1.82) is 0 Å². The van der Waals surface area contributed by atoms with Crippen LogP contribution in [0.2, 0.25) is 0 Å². The molecule has 1 fully saturated rings. The number of hydrogen-bond donors (Lipinski definition) is 0. The molecule has 1 saturated heterocycles. The highest BCUT2D eigenvalue weighted by Gasteiger charge is 2.18. The Kier molecular flexibility index (Phi) is 4.48. The number of nitrogens with zero attached hydrogens (tertiary/aromatic N) is 4. The van der Waals surface area contributed by atoms with Gasteiger partial charge in [-0.3, -0.25) is 9.59 Å². The summed E-state index contributed by atoms with van der Waals surface area (Å²) >= 11 is 0. The fraction of sp³-hybridized carbons (Fsp3) is 0.300. The molecule has 3 aromatic rings. The van der Waals surface area contributed by atoms with Crippen LogP contribution < -0.4 is 5.56 Å². The zero-order valence-corrected chi connectivity index (χ0v) is 14.5. The average Bonchev–Trinajstić information content (AvgIpc) is 2.71. The first-order valence-electron chi connectivity index (χ1n) is 8.93. The second-order valence-electron chi connectivity index (χ2n) is 6.62. The number of fused-ring (bicyclic) bond motifs is 1. The van der Waals surface area contributed by atoms with E-state index in [0.29, 0.717) is 16.5 Å². The molecule has 0 unspecified atom stereocenters. The summed E-state index contributed by atoms with van der Waals surface area (Å²) in [5.41, 5.74) is 1.93. The van der Waals surface area contributed by atoms with E-state index in [2.05, 4.69) is 10.3 Å². The molecule has 26 heavy (non-hydrogen) atoms. The molecule has 1 aromatic heterocycles. The number of hydrogen-bond acceptors (Lipinski definition) is 4. The molecule has 0 aliphatic carbocycles. The standard InChI is InChI=1S/C20H20N4O2/c25-19(23-11-4-1-5-12-23)16-8-6-7-15(13-16)14-24-20(26)17-9-2-3-10-18(17)21-22-24/h2-3,6-10,13H,1,4-5,11-12,14H2. The quantitative estimate of drug-likeness (QED) is 0.729. The van der Waals surface area contributed by atoms with Crippen LogP contribution in [0.1, 0.15) is 35.2 Å². The van der Waals surface area contributed by atoms with E-state index in [9.17, 15) is 9.59 Å². The maximum Gasteiger partial charge on any atom is 0.277 e. The first-order valence-corrected chi connectivity index (χ1v) is 8.93. The highest BCUT2D eigenvalue weighted by molar-refractivity contribution is 5.94. The van der Waals surface area contributed by atoms with Crippen LogP contribution in [0, 0.1) is 0 Å². The molecule has 0 atom stereocenters. The van der Waals surface area contributed by atoms with Crippen LogP contribution in [0.5, 0.6) is 0 Å². The van der Waals surface area contributed by atoms with Gasteiger partial charge >= 0.3 is 0 Å². The van der Waals surface area contributed by atoms with Gasteiger partial charge in [0.2, 0.25) is 0 Å². The summed E-state index contributed by atoms with van der Waals surface area (Å²) < 4.78 is 1.34. The highest BCUT2D eigenvalue weighted by atomic mass is 16.2. The van der Waals surface area contributed by atoms with E-state index in [0.717, 1.165) is 31.5 Å². The Morgan fingerprint density at radius 1 is 1.00 bits per heavy atom. The number of amides is 1. The van der Waals surface area contributed by atoms with Gasteiger partial charge in [-0.1, -0.05) is 29.5 Å². The van der Waals surface area contributed by atoms with Crippen molar-refractivity contribution < 1.29 is 4.79 Å². The van der Waals surface area contributed by atoms with E-state index in [1.165, 1.54) is 11.1 Å². The zero-order chi connectivity index (χ0) is 17.9. The van der Waals surface area contributed by atoms with Crippen molar-refractivity contribution in [3.8, 4) is 0 Å². The molecule has 132 valence electrons. The van der Waals surface area contributed by atoms with E-state index in [1.807, 2.05) is 41.3 Å². The molecule has 1 aliphatic rings. The van der Waals surface area contributed by atoms with Gasteiger partial charge in [0.25, 0.3) is 11.5 Å².